The van der Waals surface area contributed by atoms with E-state index in [0.29, 0.717) is 32.2 Å². The standard InChI is InChI=1S/C19H20F2N4O5S/c20-17-6-5-16(13-18(17)21)31(29,30)22-8-7-19(26)24-11-9-23(10-12-24)14-1-3-15(4-2-14)25(27)28/h1-6,13,22H,7-12H2. The molecule has 0 atom stereocenters. The number of benzene rings is 2. The molecule has 3 rings (SSSR count). The fraction of sp³-hybridized carbons (Fsp3) is 0.316. The zero-order valence-electron chi connectivity index (χ0n) is 16.3. The van der Waals surface area contributed by atoms with E-state index in [-0.39, 0.29) is 24.6 Å². The number of nitrogens with one attached hydrogen (secondary N) is 1. The molecule has 1 saturated heterocycles. The third-order valence-electron chi connectivity index (χ3n) is 4.89. The molecule has 2 aromatic carbocycles. The molecular weight excluding hydrogens is 434 g/mol. The van der Waals surface area contributed by atoms with Gasteiger partial charge in [0.2, 0.25) is 15.9 Å². The van der Waals surface area contributed by atoms with Gasteiger partial charge in [0.25, 0.3) is 5.69 Å². The van der Waals surface area contributed by atoms with Gasteiger partial charge in [-0.1, -0.05) is 0 Å². The minimum absolute atomic E-state index is 0.00314. The van der Waals surface area contributed by atoms with Crippen LogP contribution in [-0.4, -0.2) is 56.9 Å². The highest BCUT2D eigenvalue weighted by Crippen LogP contribution is 2.21. The van der Waals surface area contributed by atoms with Crippen LogP contribution in [0.2, 0.25) is 0 Å². The van der Waals surface area contributed by atoms with E-state index in [4.69, 9.17) is 0 Å². The lowest BCUT2D eigenvalue weighted by molar-refractivity contribution is -0.384. The highest BCUT2D eigenvalue weighted by molar-refractivity contribution is 7.89. The van der Waals surface area contributed by atoms with E-state index in [1.165, 1.54) is 12.1 Å². The minimum Gasteiger partial charge on any atom is -0.368 e. The summed E-state index contributed by atoms with van der Waals surface area (Å²) >= 11 is 0. The fourth-order valence-electron chi connectivity index (χ4n) is 3.18. The largest absolute Gasteiger partial charge is 0.368 e. The summed E-state index contributed by atoms with van der Waals surface area (Å²) in [6, 6.07) is 8.40. The number of non-ortho nitro benzene ring substituents is 1. The van der Waals surface area contributed by atoms with Gasteiger partial charge in [-0.3, -0.25) is 14.9 Å². The predicted octanol–water partition coefficient (Wildman–Crippen LogP) is 1.89. The summed E-state index contributed by atoms with van der Waals surface area (Å²) in [5, 5.41) is 10.7. The number of hydrogen-bond acceptors (Lipinski definition) is 6. The fourth-order valence-corrected chi connectivity index (χ4v) is 4.22. The highest BCUT2D eigenvalue weighted by atomic mass is 32.2. The summed E-state index contributed by atoms with van der Waals surface area (Å²) in [6.45, 7) is 1.73. The summed E-state index contributed by atoms with van der Waals surface area (Å²) < 4.78 is 52.7. The van der Waals surface area contributed by atoms with Gasteiger partial charge in [0, 0.05) is 57.0 Å². The molecule has 0 spiro atoms. The summed E-state index contributed by atoms with van der Waals surface area (Å²) in [7, 11) is -4.06. The number of hydrogen-bond donors (Lipinski definition) is 1. The monoisotopic (exact) mass is 454 g/mol. The molecule has 1 aliphatic rings. The van der Waals surface area contributed by atoms with E-state index < -0.39 is 31.5 Å². The molecule has 1 heterocycles. The molecule has 0 aliphatic carbocycles. The molecular formula is C19H20F2N4O5S. The Bertz CT molecular complexity index is 1070. The van der Waals surface area contributed by atoms with Crippen LogP contribution >= 0.6 is 0 Å². The van der Waals surface area contributed by atoms with Crippen LogP contribution in [-0.2, 0) is 14.8 Å². The van der Waals surface area contributed by atoms with Crippen LogP contribution in [0, 0.1) is 21.7 Å². The zero-order valence-corrected chi connectivity index (χ0v) is 17.1. The van der Waals surface area contributed by atoms with E-state index >= 15 is 0 Å². The third kappa shape index (κ3) is 5.52. The maximum atomic E-state index is 13.3. The number of rotatable bonds is 7. The Kier molecular flexibility index (Phi) is 6.81. The van der Waals surface area contributed by atoms with Gasteiger partial charge in [0.1, 0.15) is 0 Å². The van der Waals surface area contributed by atoms with E-state index in [1.54, 1.807) is 17.0 Å². The average Bonchev–Trinajstić information content (AvgIpc) is 2.75. The van der Waals surface area contributed by atoms with Crippen molar-refractivity contribution in [1.29, 1.82) is 0 Å². The third-order valence-corrected chi connectivity index (χ3v) is 6.35. The number of amides is 1. The lowest BCUT2D eigenvalue weighted by Gasteiger charge is -2.36. The normalized spacial score (nSPS) is 14.5. The smallest absolute Gasteiger partial charge is 0.269 e. The molecule has 12 heteroatoms. The number of nitro groups is 1. The van der Waals surface area contributed by atoms with Crippen LogP contribution < -0.4 is 9.62 Å². The molecule has 9 nitrogen and oxygen atoms in total. The van der Waals surface area contributed by atoms with E-state index in [0.717, 1.165) is 17.8 Å². The van der Waals surface area contributed by atoms with Crippen LogP contribution in [0.4, 0.5) is 20.2 Å². The van der Waals surface area contributed by atoms with Crippen molar-refractivity contribution < 1.29 is 26.9 Å². The number of piperazine rings is 1. The number of carbonyl (C=O) groups excluding carboxylic acids is 1. The molecule has 1 amide bonds. The number of halogens is 2. The molecule has 1 aliphatic heterocycles. The molecule has 0 unspecified atom stereocenters. The van der Waals surface area contributed by atoms with Crippen LogP contribution in [0.25, 0.3) is 0 Å². The lowest BCUT2D eigenvalue weighted by atomic mass is 10.2. The van der Waals surface area contributed by atoms with Gasteiger partial charge in [0.15, 0.2) is 11.6 Å². The zero-order chi connectivity index (χ0) is 22.6. The van der Waals surface area contributed by atoms with Crippen molar-refractivity contribution in [1.82, 2.24) is 9.62 Å². The highest BCUT2D eigenvalue weighted by Gasteiger charge is 2.22. The molecule has 166 valence electrons. The van der Waals surface area contributed by atoms with E-state index in [9.17, 15) is 32.1 Å². The summed E-state index contributed by atoms with van der Waals surface area (Å²) in [4.78, 5) is 25.8. The van der Waals surface area contributed by atoms with Crippen LogP contribution in [0.5, 0.6) is 0 Å². The quantitative estimate of drug-likeness (QED) is 0.505. The minimum atomic E-state index is -4.06. The van der Waals surface area contributed by atoms with Crippen molar-refractivity contribution in [2.75, 3.05) is 37.6 Å². The van der Waals surface area contributed by atoms with Crippen molar-refractivity contribution in [3.05, 3.63) is 64.2 Å². The van der Waals surface area contributed by atoms with Crippen molar-refractivity contribution >= 4 is 27.3 Å². The predicted molar refractivity (Wildman–Crippen MR) is 108 cm³/mol. The SMILES string of the molecule is O=C(CCNS(=O)(=O)c1ccc(F)c(F)c1)N1CCN(c2ccc([N+](=O)[O-])cc2)CC1. The van der Waals surface area contributed by atoms with Gasteiger partial charge in [-0.05, 0) is 30.3 Å². The molecule has 0 radical (unpaired) electrons. The number of anilines is 1. The van der Waals surface area contributed by atoms with Crippen molar-refractivity contribution in [3.8, 4) is 0 Å². The Morgan fingerprint density at radius 2 is 1.68 bits per heavy atom. The Balaban J connectivity index is 1.47. The van der Waals surface area contributed by atoms with Gasteiger partial charge in [-0.15, -0.1) is 0 Å². The van der Waals surface area contributed by atoms with Gasteiger partial charge in [-0.2, -0.15) is 0 Å². The molecule has 0 aromatic heterocycles. The average molecular weight is 454 g/mol. The van der Waals surface area contributed by atoms with Crippen molar-refractivity contribution in [3.63, 3.8) is 0 Å². The second-order valence-corrected chi connectivity index (χ2v) is 8.63. The van der Waals surface area contributed by atoms with Gasteiger partial charge >= 0.3 is 0 Å². The summed E-state index contributed by atoms with van der Waals surface area (Å²) in [6.07, 6.45) is -0.0829. The number of nitrogens with zero attached hydrogens (tertiary/aromatic N) is 3. The maximum absolute atomic E-state index is 13.3. The Labute approximate surface area is 177 Å². The van der Waals surface area contributed by atoms with Gasteiger partial charge in [-0.25, -0.2) is 21.9 Å². The van der Waals surface area contributed by atoms with E-state index in [2.05, 4.69) is 4.72 Å². The van der Waals surface area contributed by atoms with Crippen LogP contribution in [0.1, 0.15) is 6.42 Å². The molecule has 1 N–H and O–H groups in total. The molecule has 2 aromatic rings. The summed E-state index contributed by atoms with van der Waals surface area (Å²) in [5.41, 5.74) is 0.820. The summed E-state index contributed by atoms with van der Waals surface area (Å²) in [5.74, 6) is -2.66. The van der Waals surface area contributed by atoms with Gasteiger partial charge < -0.3 is 9.80 Å². The van der Waals surface area contributed by atoms with Crippen LogP contribution in [0.15, 0.2) is 47.4 Å². The first-order valence-corrected chi connectivity index (χ1v) is 10.9. The van der Waals surface area contributed by atoms with Crippen molar-refractivity contribution in [2.45, 2.75) is 11.3 Å². The first kappa shape index (κ1) is 22.6. The first-order valence-electron chi connectivity index (χ1n) is 9.39. The van der Waals surface area contributed by atoms with Gasteiger partial charge in [0.05, 0.1) is 9.82 Å². The molecule has 31 heavy (non-hydrogen) atoms. The maximum Gasteiger partial charge on any atom is 0.269 e. The van der Waals surface area contributed by atoms with Crippen molar-refractivity contribution in [2.24, 2.45) is 0 Å². The second kappa shape index (κ2) is 9.35. The topological polar surface area (TPSA) is 113 Å². The Hall–Kier alpha value is -3.12. The Morgan fingerprint density at radius 3 is 2.26 bits per heavy atom. The second-order valence-electron chi connectivity index (χ2n) is 6.87. The first-order chi connectivity index (χ1) is 14.7. The van der Waals surface area contributed by atoms with Crippen LogP contribution in [0.3, 0.4) is 0 Å². The molecule has 0 saturated carbocycles. The van der Waals surface area contributed by atoms with E-state index in [1.807, 2.05) is 4.90 Å². The number of carbonyl (C=O) groups is 1. The Morgan fingerprint density at radius 1 is 1.03 bits per heavy atom. The molecule has 1 fully saturated rings. The number of nitro benzene ring substituents is 1. The lowest BCUT2D eigenvalue weighted by Crippen LogP contribution is -2.49. The number of sulfonamides is 1. The molecule has 0 bridgehead atoms.